The van der Waals surface area contributed by atoms with Crippen molar-refractivity contribution in [1.82, 2.24) is 5.32 Å². The third-order valence-corrected chi connectivity index (χ3v) is 5.71. The number of hydrogen-bond acceptors (Lipinski definition) is 2. The summed E-state index contributed by atoms with van der Waals surface area (Å²) in [7, 11) is 1.74. The maximum Gasteiger partial charge on any atom is 0.123 e. The van der Waals surface area contributed by atoms with Crippen molar-refractivity contribution in [1.29, 1.82) is 0 Å². The summed E-state index contributed by atoms with van der Waals surface area (Å²) in [6, 6.07) is 28.6. The van der Waals surface area contributed by atoms with Crippen molar-refractivity contribution < 1.29 is 4.74 Å². The largest absolute Gasteiger partial charge is 0.496 e. The molecule has 2 atom stereocenters. The fraction of sp³-hybridized carbons (Fsp3) is 0.280. The minimum absolute atomic E-state index is 0. The van der Waals surface area contributed by atoms with E-state index >= 15 is 0 Å². The van der Waals surface area contributed by atoms with Gasteiger partial charge in [0, 0.05) is 24.1 Å². The molecular formula is C25H28BrNO. The van der Waals surface area contributed by atoms with Crippen LogP contribution in [0.3, 0.4) is 0 Å². The van der Waals surface area contributed by atoms with Crippen molar-refractivity contribution in [2.24, 2.45) is 0 Å². The van der Waals surface area contributed by atoms with Gasteiger partial charge in [-0.05, 0) is 42.0 Å². The predicted octanol–water partition coefficient (Wildman–Crippen LogP) is 5.70. The second kappa shape index (κ2) is 9.90. The van der Waals surface area contributed by atoms with Crippen LogP contribution in [0, 0.1) is 0 Å². The number of hydrogen-bond donors (Lipinski definition) is 1. The van der Waals surface area contributed by atoms with Gasteiger partial charge in [0.05, 0.1) is 7.11 Å². The zero-order valence-electron chi connectivity index (χ0n) is 16.3. The molecule has 0 spiro atoms. The van der Waals surface area contributed by atoms with E-state index in [4.69, 9.17) is 4.74 Å². The first-order valence-electron chi connectivity index (χ1n) is 9.82. The molecule has 0 aliphatic heterocycles. The van der Waals surface area contributed by atoms with Crippen LogP contribution in [-0.2, 0) is 19.4 Å². The lowest BCUT2D eigenvalue weighted by Gasteiger charge is -2.35. The molecule has 1 N–H and O–H groups in total. The van der Waals surface area contributed by atoms with Gasteiger partial charge in [0.1, 0.15) is 5.75 Å². The van der Waals surface area contributed by atoms with Crippen LogP contribution in [0.25, 0.3) is 0 Å². The molecule has 146 valence electrons. The first-order chi connectivity index (χ1) is 13.3. The second-order valence-electron chi connectivity index (χ2n) is 7.33. The average molecular weight is 438 g/mol. The van der Waals surface area contributed by atoms with Crippen LogP contribution in [0.4, 0.5) is 0 Å². The molecule has 2 unspecified atom stereocenters. The average Bonchev–Trinajstić information content (AvgIpc) is 2.74. The molecule has 3 heteroatoms. The maximum atomic E-state index is 5.52. The minimum Gasteiger partial charge on any atom is -0.496 e. The van der Waals surface area contributed by atoms with Crippen LogP contribution < -0.4 is 10.1 Å². The first-order valence-corrected chi connectivity index (χ1v) is 9.82. The van der Waals surface area contributed by atoms with Gasteiger partial charge in [0.2, 0.25) is 0 Å². The summed E-state index contributed by atoms with van der Waals surface area (Å²) in [5, 5.41) is 3.84. The second-order valence-corrected chi connectivity index (χ2v) is 7.33. The Hall–Kier alpha value is -2.10. The van der Waals surface area contributed by atoms with Crippen LogP contribution in [0.5, 0.6) is 5.75 Å². The number of benzene rings is 3. The molecule has 28 heavy (non-hydrogen) atoms. The lowest BCUT2D eigenvalue weighted by atomic mass is 9.76. The highest BCUT2D eigenvalue weighted by atomic mass is 79.9. The topological polar surface area (TPSA) is 21.3 Å². The van der Waals surface area contributed by atoms with Crippen LogP contribution >= 0.6 is 17.0 Å². The van der Waals surface area contributed by atoms with Crippen LogP contribution in [-0.4, -0.2) is 13.2 Å². The zero-order valence-corrected chi connectivity index (χ0v) is 18.0. The Balaban J connectivity index is 0.00000225. The van der Waals surface area contributed by atoms with Crippen molar-refractivity contribution in [3.05, 3.63) is 101 Å². The Morgan fingerprint density at radius 1 is 0.893 bits per heavy atom. The van der Waals surface area contributed by atoms with Gasteiger partial charge < -0.3 is 10.1 Å². The van der Waals surface area contributed by atoms with Gasteiger partial charge in [-0.25, -0.2) is 0 Å². The summed E-state index contributed by atoms with van der Waals surface area (Å²) < 4.78 is 5.52. The van der Waals surface area contributed by atoms with E-state index in [1.165, 1.54) is 28.7 Å². The smallest absolute Gasteiger partial charge is 0.123 e. The Bertz CT molecular complexity index is 880. The molecule has 0 saturated heterocycles. The summed E-state index contributed by atoms with van der Waals surface area (Å²) in [4.78, 5) is 0. The number of ether oxygens (including phenoxy) is 1. The highest BCUT2D eigenvalue weighted by Gasteiger charge is 2.29. The van der Waals surface area contributed by atoms with E-state index in [1.54, 1.807) is 7.11 Å². The SMILES string of the molecule is Br.COc1ccccc1CNC1CCc2ccccc2C1Cc1ccccc1. The summed E-state index contributed by atoms with van der Waals surface area (Å²) in [6.45, 7) is 0.835. The molecular weight excluding hydrogens is 410 g/mol. The molecule has 0 saturated carbocycles. The van der Waals surface area contributed by atoms with Crippen molar-refractivity contribution in [3.63, 3.8) is 0 Å². The Labute approximate surface area is 178 Å². The normalized spacial score (nSPS) is 18.0. The summed E-state index contributed by atoms with van der Waals surface area (Å²) in [5.41, 5.74) is 5.64. The molecule has 4 rings (SSSR count). The third-order valence-electron chi connectivity index (χ3n) is 5.71. The van der Waals surface area contributed by atoms with Crippen LogP contribution in [0.1, 0.15) is 34.6 Å². The standard InChI is InChI=1S/C25H27NO.BrH/c1-27-25-14-8-6-12-21(25)18-26-24-16-15-20-11-5-7-13-22(20)23(24)17-19-9-3-2-4-10-19;/h2-14,23-24,26H,15-18H2,1H3;1H. The van der Waals surface area contributed by atoms with Gasteiger partial charge in [-0.15, -0.1) is 17.0 Å². The number of aryl methyl sites for hydroxylation is 1. The highest BCUT2D eigenvalue weighted by molar-refractivity contribution is 8.93. The molecule has 1 aliphatic rings. The maximum absolute atomic E-state index is 5.52. The van der Waals surface area contributed by atoms with Gasteiger partial charge in [-0.2, -0.15) is 0 Å². The van der Waals surface area contributed by atoms with E-state index < -0.39 is 0 Å². The van der Waals surface area contributed by atoms with E-state index in [9.17, 15) is 0 Å². The predicted molar refractivity (Wildman–Crippen MR) is 122 cm³/mol. The monoisotopic (exact) mass is 437 g/mol. The molecule has 3 aromatic rings. The lowest BCUT2D eigenvalue weighted by Crippen LogP contribution is -2.39. The molecule has 0 fully saturated rings. The number of halogens is 1. The first kappa shape index (κ1) is 20.6. The van der Waals surface area contributed by atoms with Gasteiger partial charge in [-0.3, -0.25) is 0 Å². The van der Waals surface area contributed by atoms with E-state index in [1.807, 2.05) is 12.1 Å². The quantitative estimate of drug-likeness (QED) is 0.533. The van der Waals surface area contributed by atoms with Crippen molar-refractivity contribution in [2.75, 3.05) is 7.11 Å². The molecule has 0 amide bonds. The van der Waals surface area contributed by atoms with Gasteiger partial charge in [0.25, 0.3) is 0 Å². The molecule has 0 radical (unpaired) electrons. The highest BCUT2D eigenvalue weighted by Crippen LogP contribution is 2.35. The summed E-state index contributed by atoms with van der Waals surface area (Å²) in [6.07, 6.45) is 3.39. The van der Waals surface area contributed by atoms with Crippen molar-refractivity contribution >= 4 is 17.0 Å². The molecule has 0 heterocycles. The van der Waals surface area contributed by atoms with E-state index in [2.05, 4.69) is 72.0 Å². The molecule has 0 bridgehead atoms. The third kappa shape index (κ3) is 4.65. The fourth-order valence-corrected chi connectivity index (χ4v) is 4.31. The van der Waals surface area contributed by atoms with E-state index in [0.29, 0.717) is 12.0 Å². The molecule has 2 nitrogen and oxygen atoms in total. The van der Waals surface area contributed by atoms with E-state index in [0.717, 1.165) is 25.1 Å². The Kier molecular flexibility index (Phi) is 7.30. The van der Waals surface area contributed by atoms with Gasteiger partial charge in [0.15, 0.2) is 0 Å². The van der Waals surface area contributed by atoms with Crippen molar-refractivity contribution in [2.45, 2.75) is 37.8 Å². The fourth-order valence-electron chi connectivity index (χ4n) is 4.31. The number of fused-ring (bicyclic) bond motifs is 1. The Morgan fingerprint density at radius 3 is 2.43 bits per heavy atom. The summed E-state index contributed by atoms with van der Waals surface area (Å²) in [5.74, 6) is 1.45. The minimum atomic E-state index is 0. The van der Waals surface area contributed by atoms with Crippen molar-refractivity contribution in [3.8, 4) is 5.75 Å². The van der Waals surface area contributed by atoms with Crippen LogP contribution in [0.2, 0.25) is 0 Å². The molecule has 3 aromatic carbocycles. The number of rotatable bonds is 6. The van der Waals surface area contributed by atoms with Crippen LogP contribution in [0.15, 0.2) is 78.9 Å². The number of para-hydroxylation sites is 1. The Morgan fingerprint density at radius 2 is 1.61 bits per heavy atom. The molecule has 0 aromatic heterocycles. The number of methoxy groups -OCH3 is 1. The lowest BCUT2D eigenvalue weighted by molar-refractivity contribution is 0.373. The molecule has 1 aliphatic carbocycles. The van der Waals surface area contributed by atoms with Gasteiger partial charge in [-0.1, -0.05) is 72.8 Å². The van der Waals surface area contributed by atoms with Gasteiger partial charge >= 0.3 is 0 Å². The number of nitrogens with one attached hydrogen (secondary N) is 1. The van der Waals surface area contributed by atoms with E-state index in [-0.39, 0.29) is 17.0 Å². The summed E-state index contributed by atoms with van der Waals surface area (Å²) >= 11 is 0. The zero-order chi connectivity index (χ0) is 18.5.